The van der Waals surface area contributed by atoms with Crippen molar-refractivity contribution in [1.82, 2.24) is 19.9 Å². The molecule has 2 aromatic heterocycles. The minimum Gasteiger partial charge on any atom is -0.496 e. The van der Waals surface area contributed by atoms with Crippen molar-refractivity contribution >= 4 is 22.8 Å². The molecular formula is C26H30N4O3. The molecule has 0 saturated heterocycles. The van der Waals surface area contributed by atoms with E-state index in [1.807, 2.05) is 45.9 Å². The van der Waals surface area contributed by atoms with Crippen LogP contribution in [0.5, 0.6) is 5.75 Å². The van der Waals surface area contributed by atoms with Gasteiger partial charge in [0.05, 0.1) is 31.2 Å². The number of fused-ring (bicyclic) bond motifs is 1. The average Bonchev–Trinajstić information content (AvgIpc) is 2.76. The lowest BCUT2D eigenvalue weighted by Crippen LogP contribution is -2.39. The number of aryl methyl sites for hydroxylation is 2. The maximum Gasteiger partial charge on any atom is 0.410 e. The quantitative estimate of drug-likeness (QED) is 0.540. The van der Waals surface area contributed by atoms with E-state index >= 15 is 0 Å². The van der Waals surface area contributed by atoms with Crippen molar-refractivity contribution in [3.8, 4) is 17.0 Å². The van der Waals surface area contributed by atoms with E-state index in [-0.39, 0.29) is 6.09 Å². The Labute approximate surface area is 194 Å². The Bertz CT molecular complexity index is 1240. The van der Waals surface area contributed by atoms with Crippen LogP contribution in [0.4, 0.5) is 4.79 Å². The Balaban J connectivity index is 1.67. The standard InChI is InChI=1S/C26H30N4O3/c1-16-12-17(2)23(22(13-16)32-6)19-9-10-20-24(28-19)29-21(14-27-20)18-8-7-11-30(15-18)25(31)33-26(3,4)5/h8-10,12-14H,7,11,15H2,1-6H3. The van der Waals surface area contributed by atoms with Crippen LogP contribution in [0.15, 0.2) is 36.5 Å². The number of hydrogen-bond acceptors (Lipinski definition) is 6. The predicted molar refractivity (Wildman–Crippen MR) is 129 cm³/mol. The third-order valence-corrected chi connectivity index (χ3v) is 5.46. The van der Waals surface area contributed by atoms with Gasteiger partial charge in [0.2, 0.25) is 0 Å². The van der Waals surface area contributed by atoms with Crippen LogP contribution in [0.25, 0.3) is 28.0 Å². The smallest absolute Gasteiger partial charge is 0.410 e. The molecule has 0 saturated carbocycles. The Kier molecular flexibility index (Phi) is 6.06. The first-order valence-electron chi connectivity index (χ1n) is 11.1. The number of nitrogens with zero attached hydrogens (tertiary/aromatic N) is 4. The van der Waals surface area contributed by atoms with E-state index in [2.05, 4.69) is 24.1 Å². The van der Waals surface area contributed by atoms with Crippen molar-refractivity contribution in [3.63, 3.8) is 0 Å². The Morgan fingerprint density at radius 1 is 1.09 bits per heavy atom. The van der Waals surface area contributed by atoms with E-state index in [0.717, 1.165) is 40.1 Å². The molecule has 0 radical (unpaired) electrons. The van der Waals surface area contributed by atoms with Crippen molar-refractivity contribution in [2.45, 2.75) is 46.6 Å². The van der Waals surface area contributed by atoms with Crippen LogP contribution in [0.1, 0.15) is 44.0 Å². The lowest BCUT2D eigenvalue weighted by Gasteiger charge is -2.30. The summed E-state index contributed by atoms with van der Waals surface area (Å²) < 4.78 is 11.2. The molecule has 0 bridgehead atoms. The van der Waals surface area contributed by atoms with Gasteiger partial charge in [0.15, 0.2) is 5.65 Å². The number of hydrogen-bond donors (Lipinski definition) is 0. The van der Waals surface area contributed by atoms with Crippen molar-refractivity contribution < 1.29 is 14.3 Å². The van der Waals surface area contributed by atoms with Gasteiger partial charge in [-0.05, 0) is 75.9 Å². The lowest BCUT2D eigenvalue weighted by atomic mass is 10.0. The Morgan fingerprint density at radius 2 is 1.85 bits per heavy atom. The molecule has 0 atom stereocenters. The molecule has 172 valence electrons. The van der Waals surface area contributed by atoms with Gasteiger partial charge in [0, 0.05) is 12.1 Å². The number of carbonyl (C=O) groups is 1. The second-order valence-electron chi connectivity index (χ2n) is 9.37. The van der Waals surface area contributed by atoms with E-state index in [4.69, 9.17) is 19.4 Å². The Hall–Kier alpha value is -3.48. The number of rotatable bonds is 3. The van der Waals surface area contributed by atoms with Crippen LogP contribution in [0, 0.1) is 13.8 Å². The number of benzene rings is 1. The summed E-state index contributed by atoms with van der Waals surface area (Å²) >= 11 is 0. The molecule has 0 unspecified atom stereocenters. The van der Waals surface area contributed by atoms with Gasteiger partial charge in [0.1, 0.15) is 16.9 Å². The highest BCUT2D eigenvalue weighted by Crippen LogP contribution is 2.34. The van der Waals surface area contributed by atoms with Crippen molar-refractivity contribution in [3.05, 3.63) is 53.4 Å². The van der Waals surface area contributed by atoms with Gasteiger partial charge in [-0.1, -0.05) is 12.1 Å². The Morgan fingerprint density at radius 3 is 2.58 bits per heavy atom. The molecule has 33 heavy (non-hydrogen) atoms. The summed E-state index contributed by atoms with van der Waals surface area (Å²) in [6.45, 7) is 10.8. The summed E-state index contributed by atoms with van der Waals surface area (Å²) in [6.07, 6.45) is 4.27. The lowest BCUT2D eigenvalue weighted by molar-refractivity contribution is 0.0273. The topological polar surface area (TPSA) is 77.4 Å². The number of carbonyl (C=O) groups excluding carboxylic acids is 1. The summed E-state index contributed by atoms with van der Waals surface area (Å²) in [4.78, 5) is 28.4. The largest absolute Gasteiger partial charge is 0.496 e. The van der Waals surface area contributed by atoms with E-state index in [1.165, 1.54) is 0 Å². The van der Waals surface area contributed by atoms with Gasteiger partial charge in [-0.3, -0.25) is 4.98 Å². The summed E-state index contributed by atoms with van der Waals surface area (Å²) in [5.74, 6) is 0.784. The summed E-state index contributed by atoms with van der Waals surface area (Å²) in [5, 5.41) is 0. The van der Waals surface area contributed by atoms with Gasteiger partial charge in [-0.15, -0.1) is 0 Å². The van der Waals surface area contributed by atoms with Crippen LogP contribution in [-0.2, 0) is 4.74 Å². The summed E-state index contributed by atoms with van der Waals surface area (Å²) in [7, 11) is 1.67. The molecule has 0 aliphatic carbocycles. The first-order chi connectivity index (χ1) is 15.6. The number of aromatic nitrogens is 3. The maximum atomic E-state index is 12.5. The number of ether oxygens (including phenoxy) is 2. The van der Waals surface area contributed by atoms with E-state index < -0.39 is 5.60 Å². The fourth-order valence-electron chi connectivity index (χ4n) is 4.02. The third-order valence-electron chi connectivity index (χ3n) is 5.46. The molecule has 0 spiro atoms. The highest BCUT2D eigenvalue weighted by molar-refractivity contribution is 5.80. The fraction of sp³-hybridized carbons (Fsp3) is 0.385. The zero-order valence-corrected chi connectivity index (χ0v) is 20.1. The maximum absolute atomic E-state index is 12.5. The van der Waals surface area contributed by atoms with Crippen molar-refractivity contribution in [1.29, 1.82) is 0 Å². The van der Waals surface area contributed by atoms with Gasteiger partial charge in [0.25, 0.3) is 0 Å². The molecule has 0 N–H and O–H groups in total. The van der Waals surface area contributed by atoms with Crippen LogP contribution in [0.2, 0.25) is 0 Å². The van der Waals surface area contributed by atoms with Crippen molar-refractivity contribution in [2.75, 3.05) is 20.2 Å². The summed E-state index contributed by atoms with van der Waals surface area (Å²) in [6, 6.07) is 7.99. The normalized spacial score (nSPS) is 14.2. The minimum absolute atomic E-state index is 0.316. The van der Waals surface area contributed by atoms with Crippen LogP contribution in [0.3, 0.4) is 0 Å². The van der Waals surface area contributed by atoms with E-state index in [0.29, 0.717) is 29.9 Å². The van der Waals surface area contributed by atoms with Crippen LogP contribution in [-0.4, -0.2) is 51.7 Å². The van der Waals surface area contributed by atoms with E-state index in [1.54, 1.807) is 18.2 Å². The fourth-order valence-corrected chi connectivity index (χ4v) is 4.02. The van der Waals surface area contributed by atoms with Gasteiger partial charge >= 0.3 is 6.09 Å². The molecule has 3 aromatic rings. The molecule has 1 amide bonds. The number of amides is 1. The predicted octanol–water partition coefficient (Wildman–Crippen LogP) is 5.34. The number of methoxy groups -OCH3 is 1. The van der Waals surface area contributed by atoms with Crippen LogP contribution >= 0.6 is 0 Å². The van der Waals surface area contributed by atoms with Gasteiger partial charge in [-0.2, -0.15) is 0 Å². The molecule has 1 aliphatic rings. The van der Waals surface area contributed by atoms with E-state index in [9.17, 15) is 4.79 Å². The number of pyridine rings is 1. The molecule has 4 rings (SSSR count). The van der Waals surface area contributed by atoms with Crippen molar-refractivity contribution in [2.24, 2.45) is 0 Å². The first kappa shape index (κ1) is 22.7. The molecule has 1 aliphatic heterocycles. The molecule has 0 fully saturated rings. The second-order valence-corrected chi connectivity index (χ2v) is 9.37. The molecule has 1 aromatic carbocycles. The first-order valence-corrected chi connectivity index (χ1v) is 11.1. The second kappa shape index (κ2) is 8.81. The average molecular weight is 447 g/mol. The molecular weight excluding hydrogens is 416 g/mol. The highest BCUT2D eigenvalue weighted by Gasteiger charge is 2.25. The zero-order chi connectivity index (χ0) is 23.8. The van der Waals surface area contributed by atoms with Gasteiger partial charge in [-0.25, -0.2) is 14.8 Å². The zero-order valence-electron chi connectivity index (χ0n) is 20.1. The van der Waals surface area contributed by atoms with Gasteiger partial charge < -0.3 is 14.4 Å². The monoisotopic (exact) mass is 446 g/mol. The van der Waals surface area contributed by atoms with Crippen LogP contribution < -0.4 is 4.74 Å². The molecule has 7 heteroatoms. The third kappa shape index (κ3) is 4.97. The highest BCUT2D eigenvalue weighted by atomic mass is 16.6. The minimum atomic E-state index is -0.531. The molecule has 3 heterocycles. The summed E-state index contributed by atoms with van der Waals surface area (Å²) in [5.41, 5.74) is 6.36. The SMILES string of the molecule is COc1cc(C)cc(C)c1-c1ccc2ncc(C3=CCCN(C(=O)OC(C)(C)C)C3)nc2n1. The molecule has 7 nitrogen and oxygen atoms in total.